The molecule has 3 aliphatic rings. The van der Waals surface area contributed by atoms with E-state index in [1.807, 2.05) is 24.3 Å². The van der Waals surface area contributed by atoms with Crippen molar-refractivity contribution in [3.05, 3.63) is 29.8 Å². The fourth-order valence-corrected chi connectivity index (χ4v) is 3.62. The molecule has 2 saturated heterocycles. The lowest BCUT2D eigenvalue weighted by Crippen LogP contribution is -2.46. The van der Waals surface area contributed by atoms with Crippen molar-refractivity contribution in [1.82, 2.24) is 10.6 Å². The standard InChI is InChI=1S/C18H24N2O3/c21-18(20-15-10-14-8-9-17(15)23-14)19-11-12-4-1-2-7-16(12)22-13-5-3-6-13/h1-2,4,7,13-15,17H,3,5-6,8-11H2,(H2,19,20,21)/t14-,15+,17-/m1/s1. The van der Waals surface area contributed by atoms with Crippen LogP contribution in [0.3, 0.4) is 0 Å². The van der Waals surface area contributed by atoms with E-state index in [2.05, 4.69) is 10.6 Å². The molecule has 2 aliphatic heterocycles. The van der Waals surface area contributed by atoms with Gasteiger partial charge in [-0.15, -0.1) is 0 Å². The smallest absolute Gasteiger partial charge is 0.315 e. The molecule has 3 atom stereocenters. The maximum Gasteiger partial charge on any atom is 0.315 e. The van der Waals surface area contributed by atoms with Gasteiger partial charge in [-0.05, 0) is 44.6 Å². The zero-order valence-electron chi connectivity index (χ0n) is 13.3. The first-order chi connectivity index (χ1) is 11.3. The van der Waals surface area contributed by atoms with Crippen molar-refractivity contribution in [1.29, 1.82) is 0 Å². The molecule has 5 nitrogen and oxygen atoms in total. The maximum absolute atomic E-state index is 12.1. The predicted molar refractivity (Wildman–Crippen MR) is 86.4 cm³/mol. The van der Waals surface area contributed by atoms with Gasteiger partial charge in [-0.25, -0.2) is 4.79 Å². The van der Waals surface area contributed by atoms with Gasteiger partial charge in [0.25, 0.3) is 0 Å². The van der Waals surface area contributed by atoms with E-state index in [1.54, 1.807) is 0 Å². The summed E-state index contributed by atoms with van der Waals surface area (Å²) in [4.78, 5) is 12.1. The predicted octanol–water partition coefficient (Wildman–Crippen LogP) is 2.74. The Morgan fingerprint density at radius 1 is 1.22 bits per heavy atom. The molecule has 0 aromatic heterocycles. The summed E-state index contributed by atoms with van der Waals surface area (Å²) in [5.41, 5.74) is 1.03. The minimum atomic E-state index is -0.121. The molecule has 0 spiro atoms. The average molecular weight is 316 g/mol. The second kappa shape index (κ2) is 6.40. The Morgan fingerprint density at radius 3 is 2.78 bits per heavy atom. The topological polar surface area (TPSA) is 59.6 Å². The highest BCUT2D eigenvalue weighted by atomic mass is 16.5. The number of nitrogens with one attached hydrogen (secondary N) is 2. The number of hydrogen-bond donors (Lipinski definition) is 2. The van der Waals surface area contributed by atoms with Gasteiger partial charge in [0.1, 0.15) is 5.75 Å². The van der Waals surface area contributed by atoms with Gasteiger partial charge in [-0.2, -0.15) is 0 Å². The highest BCUT2D eigenvalue weighted by Gasteiger charge is 2.41. The molecule has 1 saturated carbocycles. The van der Waals surface area contributed by atoms with E-state index in [1.165, 1.54) is 6.42 Å². The molecule has 1 aliphatic carbocycles. The fourth-order valence-electron chi connectivity index (χ4n) is 3.62. The minimum absolute atomic E-state index is 0.121. The van der Waals surface area contributed by atoms with Gasteiger partial charge in [-0.3, -0.25) is 0 Å². The summed E-state index contributed by atoms with van der Waals surface area (Å²) in [6.45, 7) is 0.483. The van der Waals surface area contributed by atoms with Crippen molar-refractivity contribution in [2.75, 3.05) is 0 Å². The SMILES string of the molecule is O=C(NCc1ccccc1OC1CCC1)N[C@H]1C[C@H]2CC[C@H]1O2. The van der Waals surface area contributed by atoms with Gasteiger partial charge in [0.2, 0.25) is 0 Å². The number of fused-ring (bicyclic) bond motifs is 2. The quantitative estimate of drug-likeness (QED) is 0.878. The largest absolute Gasteiger partial charge is 0.490 e. The molecular weight excluding hydrogens is 292 g/mol. The van der Waals surface area contributed by atoms with Crippen LogP contribution in [0.15, 0.2) is 24.3 Å². The zero-order valence-corrected chi connectivity index (χ0v) is 13.3. The summed E-state index contributed by atoms with van der Waals surface area (Å²) in [6, 6.07) is 7.99. The highest BCUT2D eigenvalue weighted by molar-refractivity contribution is 5.74. The summed E-state index contributed by atoms with van der Waals surface area (Å²) >= 11 is 0. The third-order valence-corrected chi connectivity index (χ3v) is 5.18. The van der Waals surface area contributed by atoms with Crippen LogP contribution in [-0.2, 0) is 11.3 Å². The molecule has 1 aromatic rings. The molecule has 4 rings (SSSR count). The first-order valence-corrected chi connectivity index (χ1v) is 8.72. The highest BCUT2D eigenvalue weighted by Crippen LogP contribution is 2.34. The van der Waals surface area contributed by atoms with Crippen LogP contribution in [0.2, 0.25) is 0 Å². The number of carbonyl (C=O) groups excluding carboxylic acids is 1. The second-order valence-corrected chi connectivity index (χ2v) is 6.82. The summed E-state index contributed by atoms with van der Waals surface area (Å²) in [7, 11) is 0. The van der Waals surface area contributed by atoms with Crippen molar-refractivity contribution < 1.29 is 14.3 Å². The lowest BCUT2D eigenvalue weighted by molar-refractivity contribution is 0.0981. The molecule has 124 valence electrons. The van der Waals surface area contributed by atoms with E-state index in [4.69, 9.17) is 9.47 Å². The third-order valence-electron chi connectivity index (χ3n) is 5.18. The van der Waals surface area contributed by atoms with Crippen LogP contribution >= 0.6 is 0 Å². The molecule has 2 N–H and O–H groups in total. The van der Waals surface area contributed by atoms with Crippen molar-refractivity contribution >= 4 is 6.03 Å². The maximum atomic E-state index is 12.1. The van der Waals surface area contributed by atoms with Crippen LogP contribution in [0, 0.1) is 0 Å². The molecule has 1 aromatic carbocycles. The van der Waals surface area contributed by atoms with Gasteiger partial charge < -0.3 is 20.1 Å². The van der Waals surface area contributed by atoms with Crippen LogP contribution in [0.5, 0.6) is 5.75 Å². The van der Waals surface area contributed by atoms with Crippen LogP contribution in [-0.4, -0.2) is 30.4 Å². The van der Waals surface area contributed by atoms with Crippen LogP contribution in [0.1, 0.15) is 44.1 Å². The number of rotatable bonds is 5. The normalized spacial score (nSPS) is 29.1. The molecular formula is C18H24N2O3. The first-order valence-electron chi connectivity index (χ1n) is 8.72. The molecule has 2 amide bonds. The first kappa shape index (κ1) is 14.8. The van der Waals surface area contributed by atoms with Crippen LogP contribution in [0.25, 0.3) is 0 Å². The Labute approximate surface area is 136 Å². The number of urea groups is 1. The number of benzene rings is 1. The van der Waals surface area contributed by atoms with Crippen molar-refractivity contribution in [3.8, 4) is 5.75 Å². The average Bonchev–Trinajstić information content (AvgIpc) is 3.12. The number of hydrogen-bond acceptors (Lipinski definition) is 3. The second-order valence-electron chi connectivity index (χ2n) is 6.82. The van der Waals surface area contributed by atoms with Gasteiger partial charge in [0, 0.05) is 12.1 Å². The Hall–Kier alpha value is -1.75. The molecule has 3 fully saturated rings. The van der Waals surface area contributed by atoms with E-state index in [0.717, 1.165) is 43.4 Å². The van der Waals surface area contributed by atoms with Crippen molar-refractivity contribution in [2.24, 2.45) is 0 Å². The summed E-state index contributed by atoms with van der Waals surface area (Å²) in [5.74, 6) is 0.890. The van der Waals surface area contributed by atoms with Crippen LogP contribution < -0.4 is 15.4 Å². The van der Waals surface area contributed by atoms with E-state index >= 15 is 0 Å². The Balaban J connectivity index is 1.29. The lowest BCUT2D eigenvalue weighted by atomic mass is 9.96. The molecule has 23 heavy (non-hydrogen) atoms. The molecule has 0 radical (unpaired) electrons. The van der Waals surface area contributed by atoms with Crippen LogP contribution in [0.4, 0.5) is 4.79 Å². The fraction of sp³-hybridized carbons (Fsp3) is 0.611. The van der Waals surface area contributed by atoms with E-state index in [0.29, 0.717) is 18.8 Å². The van der Waals surface area contributed by atoms with Crippen molar-refractivity contribution in [3.63, 3.8) is 0 Å². The van der Waals surface area contributed by atoms with Crippen molar-refractivity contribution in [2.45, 2.75) is 69.4 Å². The monoisotopic (exact) mass is 316 g/mol. The zero-order chi connectivity index (χ0) is 15.6. The number of para-hydroxylation sites is 1. The third kappa shape index (κ3) is 3.29. The molecule has 5 heteroatoms. The van der Waals surface area contributed by atoms with Gasteiger partial charge in [-0.1, -0.05) is 18.2 Å². The van der Waals surface area contributed by atoms with Gasteiger partial charge in [0.05, 0.1) is 24.4 Å². The summed E-state index contributed by atoms with van der Waals surface area (Å²) < 4.78 is 11.8. The Morgan fingerprint density at radius 2 is 2.09 bits per heavy atom. The Bertz CT molecular complexity index is 573. The van der Waals surface area contributed by atoms with E-state index in [-0.39, 0.29) is 18.2 Å². The Kier molecular flexibility index (Phi) is 4.12. The number of ether oxygens (including phenoxy) is 2. The van der Waals surface area contributed by atoms with Gasteiger partial charge >= 0.3 is 6.03 Å². The lowest BCUT2D eigenvalue weighted by Gasteiger charge is -2.27. The number of amides is 2. The van der Waals surface area contributed by atoms with Gasteiger partial charge in [0.15, 0.2) is 0 Å². The number of carbonyl (C=O) groups is 1. The summed E-state index contributed by atoms with van der Waals surface area (Å²) in [6.07, 6.45) is 7.56. The molecule has 2 bridgehead atoms. The van der Waals surface area contributed by atoms with E-state index < -0.39 is 0 Å². The van der Waals surface area contributed by atoms with E-state index in [9.17, 15) is 4.79 Å². The molecule has 0 unspecified atom stereocenters. The minimum Gasteiger partial charge on any atom is -0.490 e. The molecule has 2 heterocycles. The summed E-state index contributed by atoms with van der Waals surface area (Å²) in [5, 5.41) is 6.00.